The molecule has 1 amide bonds. The topological polar surface area (TPSA) is 67.5 Å². The zero-order valence-corrected chi connectivity index (χ0v) is 16.2. The van der Waals surface area contributed by atoms with Gasteiger partial charge in [0, 0.05) is 38.1 Å². The van der Waals surface area contributed by atoms with Crippen molar-refractivity contribution in [3.05, 3.63) is 24.0 Å². The number of imidazole rings is 1. The van der Waals surface area contributed by atoms with Gasteiger partial charge in [0.05, 0.1) is 23.7 Å². The van der Waals surface area contributed by atoms with Crippen LogP contribution in [0.25, 0.3) is 11.0 Å². The number of aromatic amines is 1. The number of rotatable bonds is 6. The number of fused-ring (bicyclic) bond motifs is 1. The van der Waals surface area contributed by atoms with E-state index in [0.717, 1.165) is 35.4 Å². The predicted octanol–water partition coefficient (Wildman–Crippen LogP) is 3.17. The van der Waals surface area contributed by atoms with Crippen LogP contribution in [-0.4, -0.2) is 53.2 Å². The first kappa shape index (κ1) is 18.7. The van der Waals surface area contributed by atoms with Crippen molar-refractivity contribution in [3.63, 3.8) is 0 Å². The maximum atomic E-state index is 12.9. The molecule has 0 radical (unpaired) electrons. The zero-order valence-electron chi connectivity index (χ0n) is 16.2. The van der Waals surface area contributed by atoms with Crippen molar-refractivity contribution >= 4 is 16.9 Å². The first-order chi connectivity index (χ1) is 12.4. The molecule has 142 valence electrons. The summed E-state index contributed by atoms with van der Waals surface area (Å²) in [6, 6.07) is 5.79. The number of methoxy groups -OCH3 is 1. The Morgan fingerprint density at radius 2 is 2.27 bits per heavy atom. The summed E-state index contributed by atoms with van der Waals surface area (Å²) in [6.07, 6.45) is 2.30. The highest BCUT2D eigenvalue weighted by molar-refractivity contribution is 5.79. The fraction of sp³-hybridized carbons (Fsp3) is 0.600. The Morgan fingerprint density at radius 3 is 2.96 bits per heavy atom. The molecule has 1 aliphatic heterocycles. The van der Waals surface area contributed by atoms with Gasteiger partial charge >= 0.3 is 0 Å². The average molecular weight is 359 g/mol. The average Bonchev–Trinajstić information content (AvgIpc) is 3.03. The second-order valence-corrected chi connectivity index (χ2v) is 7.53. The van der Waals surface area contributed by atoms with Crippen LogP contribution in [0.4, 0.5) is 0 Å². The molecule has 1 fully saturated rings. The molecule has 0 unspecified atom stereocenters. The number of nitrogens with zero attached hydrogens (tertiary/aromatic N) is 2. The molecular weight excluding hydrogens is 330 g/mol. The Labute approximate surface area is 154 Å². The molecular formula is C20H29N3O3. The van der Waals surface area contributed by atoms with Gasteiger partial charge in [0.25, 0.3) is 0 Å². The first-order valence-electron chi connectivity index (χ1n) is 9.37. The Kier molecular flexibility index (Phi) is 5.51. The van der Waals surface area contributed by atoms with Gasteiger partial charge in [-0.1, -0.05) is 0 Å². The Morgan fingerprint density at radius 1 is 1.46 bits per heavy atom. The van der Waals surface area contributed by atoms with Crippen LogP contribution in [0, 0.1) is 5.92 Å². The summed E-state index contributed by atoms with van der Waals surface area (Å²) in [6.45, 7) is 8.20. The number of H-pyrrole nitrogens is 1. The van der Waals surface area contributed by atoms with E-state index in [1.54, 1.807) is 7.11 Å². The molecule has 1 atom stereocenters. The van der Waals surface area contributed by atoms with Gasteiger partial charge in [0.15, 0.2) is 0 Å². The van der Waals surface area contributed by atoms with Gasteiger partial charge in [0.1, 0.15) is 11.6 Å². The van der Waals surface area contributed by atoms with Crippen LogP contribution in [0.3, 0.4) is 0 Å². The number of hydrogen-bond donors (Lipinski definition) is 1. The van der Waals surface area contributed by atoms with Crippen molar-refractivity contribution in [3.8, 4) is 5.75 Å². The Hall–Kier alpha value is -2.08. The van der Waals surface area contributed by atoms with E-state index in [2.05, 4.69) is 23.8 Å². The van der Waals surface area contributed by atoms with Gasteiger partial charge in [-0.15, -0.1) is 0 Å². The highest BCUT2D eigenvalue weighted by Crippen LogP contribution is 2.30. The van der Waals surface area contributed by atoms with Gasteiger partial charge in [-0.3, -0.25) is 4.79 Å². The molecule has 0 bridgehead atoms. The molecule has 0 aliphatic carbocycles. The van der Waals surface area contributed by atoms with Gasteiger partial charge in [-0.05, 0) is 45.7 Å². The van der Waals surface area contributed by atoms with E-state index in [1.165, 1.54) is 0 Å². The molecule has 26 heavy (non-hydrogen) atoms. The summed E-state index contributed by atoms with van der Waals surface area (Å²) in [4.78, 5) is 22.8. The highest BCUT2D eigenvalue weighted by Gasteiger charge is 2.34. The van der Waals surface area contributed by atoms with E-state index in [1.807, 2.05) is 30.0 Å². The maximum Gasteiger partial charge on any atom is 0.225 e. The Balaban J connectivity index is 1.64. The number of benzene rings is 1. The van der Waals surface area contributed by atoms with Crippen molar-refractivity contribution in [2.75, 3.05) is 26.8 Å². The summed E-state index contributed by atoms with van der Waals surface area (Å²) in [5.41, 5.74) is 1.66. The molecule has 2 aromatic rings. The van der Waals surface area contributed by atoms with Gasteiger partial charge in [-0.2, -0.15) is 0 Å². The minimum absolute atomic E-state index is 0.0543. The van der Waals surface area contributed by atoms with Crippen molar-refractivity contribution in [1.29, 1.82) is 0 Å². The molecule has 6 nitrogen and oxygen atoms in total. The molecule has 2 heterocycles. The molecule has 3 rings (SSSR count). The molecule has 1 saturated heterocycles. The van der Waals surface area contributed by atoms with E-state index < -0.39 is 0 Å². The lowest BCUT2D eigenvalue weighted by molar-refractivity contribution is -0.145. The molecule has 0 saturated carbocycles. The molecule has 1 N–H and O–H groups in total. The smallest absolute Gasteiger partial charge is 0.225 e. The van der Waals surface area contributed by atoms with Gasteiger partial charge in [-0.25, -0.2) is 4.98 Å². The first-order valence-corrected chi connectivity index (χ1v) is 9.37. The van der Waals surface area contributed by atoms with E-state index >= 15 is 0 Å². The van der Waals surface area contributed by atoms with Crippen LogP contribution in [0.1, 0.15) is 39.4 Å². The number of carbonyl (C=O) groups excluding carboxylic acids is 1. The fourth-order valence-corrected chi connectivity index (χ4v) is 3.65. The monoisotopic (exact) mass is 359 g/mol. The molecule has 6 heteroatoms. The van der Waals surface area contributed by atoms with Crippen LogP contribution >= 0.6 is 0 Å². The summed E-state index contributed by atoms with van der Waals surface area (Å²) in [5, 5.41) is 0. The normalized spacial score (nSPS) is 19.5. The number of carbonyl (C=O) groups is 1. The van der Waals surface area contributed by atoms with E-state index in [-0.39, 0.29) is 17.4 Å². The lowest BCUT2D eigenvalue weighted by Crippen LogP contribution is -2.44. The van der Waals surface area contributed by atoms with Crippen molar-refractivity contribution in [2.24, 2.45) is 5.92 Å². The van der Waals surface area contributed by atoms with Crippen molar-refractivity contribution in [1.82, 2.24) is 14.9 Å². The summed E-state index contributed by atoms with van der Waals surface area (Å²) >= 11 is 0. The number of aromatic nitrogens is 2. The third-order valence-electron chi connectivity index (χ3n) is 5.10. The lowest BCUT2D eigenvalue weighted by atomic mass is 9.87. The van der Waals surface area contributed by atoms with Crippen LogP contribution in [0.5, 0.6) is 5.75 Å². The number of likely N-dealkylation sites (N-methyl/N-ethyl adjacent to an activating group) is 1. The molecule has 1 aliphatic rings. The summed E-state index contributed by atoms with van der Waals surface area (Å²) in [7, 11) is 1.65. The molecule has 1 aromatic carbocycles. The second-order valence-electron chi connectivity index (χ2n) is 7.53. The molecule has 0 spiro atoms. The standard InChI is InChI=1S/C20H29N3O3/c1-5-23(19(24)14-9-11-26-20(2,3)13-14)10-8-18-21-16-7-6-15(25-4)12-17(16)22-18/h6-7,12,14H,5,8-11,13H2,1-4H3,(H,21,22)/t14-/m0/s1. The molecule has 1 aromatic heterocycles. The minimum atomic E-state index is -0.213. The van der Waals surface area contributed by atoms with E-state index in [9.17, 15) is 4.79 Å². The number of hydrogen-bond acceptors (Lipinski definition) is 4. The van der Waals surface area contributed by atoms with Gasteiger partial charge < -0.3 is 19.4 Å². The van der Waals surface area contributed by atoms with Crippen molar-refractivity contribution in [2.45, 2.75) is 45.6 Å². The largest absolute Gasteiger partial charge is 0.497 e. The number of amides is 1. The third kappa shape index (κ3) is 4.18. The summed E-state index contributed by atoms with van der Waals surface area (Å²) < 4.78 is 11.0. The van der Waals surface area contributed by atoms with Crippen LogP contribution in [-0.2, 0) is 16.0 Å². The SMILES string of the molecule is CCN(CCc1nc2ccc(OC)cc2[nH]1)C(=O)[C@H]1CCOC(C)(C)C1. The zero-order chi connectivity index (χ0) is 18.7. The van der Waals surface area contributed by atoms with Crippen LogP contribution in [0.15, 0.2) is 18.2 Å². The predicted molar refractivity (Wildman–Crippen MR) is 101 cm³/mol. The maximum absolute atomic E-state index is 12.9. The van der Waals surface area contributed by atoms with Crippen LogP contribution < -0.4 is 4.74 Å². The third-order valence-corrected chi connectivity index (χ3v) is 5.10. The lowest BCUT2D eigenvalue weighted by Gasteiger charge is -2.37. The Bertz CT molecular complexity index is 769. The van der Waals surface area contributed by atoms with Crippen molar-refractivity contribution < 1.29 is 14.3 Å². The van der Waals surface area contributed by atoms with Crippen LogP contribution in [0.2, 0.25) is 0 Å². The van der Waals surface area contributed by atoms with E-state index in [0.29, 0.717) is 26.1 Å². The van der Waals surface area contributed by atoms with Gasteiger partial charge in [0.2, 0.25) is 5.91 Å². The second kappa shape index (κ2) is 7.66. The quantitative estimate of drug-likeness (QED) is 0.860. The number of ether oxygens (including phenoxy) is 2. The van der Waals surface area contributed by atoms with E-state index in [4.69, 9.17) is 9.47 Å². The summed E-state index contributed by atoms with van der Waals surface area (Å²) in [5.74, 6) is 1.99. The number of nitrogens with one attached hydrogen (secondary N) is 1. The fourth-order valence-electron chi connectivity index (χ4n) is 3.65. The highest BCUT2D eigenvalue weighted by atomic mass is 16.5. The minimum Gasteiger partial charge on any atom is -0.497 e.